The highest BCUT2D eigenvalue weighted by Gasteiger charge is 2.33. The Morgan fingerprint density at radius 2 is 0.933 bits per heavy atom. The van der Waals surface area contributed by atoms with Crippen LogP contribution < -0.4 is 10.6 Å². The smallest absolute Gasteiger partial charge is 0.219 e. The standard InChI is InChI=1S/C24H44N4O2/c1-17(29)27(3)21-13-9-19(10-14-21)25-23-7-5-6-8-24(23)26-20-11-15-22(16-12-20)28(4)18(2)30/h19-26H,5-16H2,1-4H3. The van der Waals surface area contributed by atoms with Crippen molar-refractivity contribution in [3.05, 3.63) is 0 Å². The van der Waals surface area contributed by atoms with E-state index in [-0.39, 0.29) is 11.8 Å². The minimum absolute atomic E-state index is 0.187. The summed E-state index contributed by atoms with van der Waals surface area (Å²) >= 11 is 0. The van der Waals surface area contributed by atoms with Gasteiger partial charge in [-0.05, 0) is 64.2 Å². The van der Waals surface area contributed by atoms with Gasteiger partial charge in [0.1, 0.15) is 0 Å². The SMILES string of the molecule is CC(=O)N(C)C1CCC(NC2CCCCC2NC2CCC(N(C)C(C)=O)CC2)CC1. The van der Waals surface area contributed by atoms with Crippen LogP contribution in [0.5, 0.6) is 0 Å². The second-order valence-corrected chi connectivity index (χ2v) is 10.1. The fraction of sp³-hybridized carbons (Fsp3) is 0.917. The molecule has 0 radical (unpaired) electrons. The normalized spacial score (nSPS) is 34.9. The highest BCUT2D eigenvalue weighted by Crippen LogP contribution is 2.28. The Hall–Kier alpha value is -1.14. The third kappa shape index (κ3) is 6.19. The maximum Gasteiger partial charge on any atom is 0.219 e. The number of nitrogens with one attached hydrogen (secondary N) is 2. The molecule has 2 atom stereocenters. The highest BCUT2D eigenvalue weighted by atomic mass is 16.2. The van der Waals surface area contributed by atoms with Gasteiger partial charge in [-0.25, -0.2) is 0 Å². The maximum absolute atomic E-state index is 11.6. The van der Waals surface area contributed by atoms with Crippen molar-refractivity contribution >= 4 is 11.8 Å². The van der Waals surface area contributed by atoms with Gasteiger partial charge in [-0.3, -0.25) is 9.59 Å². The van der Waals surface area contributed by atoms with Crippen LogP contribution in [0.25, 0.3) is 0 Å². The lowest BCUT2D eigenvalue weighted by Gasteiger charge is -2.42. The molecule has 0 aromatic rings. The van der Waals surface area contributed by atoms with Crippen molar-refractivity contribution in [2.45, 2.75) is 127 Å². The maximum atomic E-state index is 11.6. The summed E-state index contributed by atoms with van der Waals surface area (Å²) in [5, 5.41) is 8.02. The molecule has 3 rings (SSSR count). The lowest BCUT2D eigenvalue weighted by molar-refractivity contribution is -0.131. The van der Waals surface area contributed by atoms with Gasteiger partial charge in [0, 0.05) is 64.2 Å². The van der Waals surface area contributed by atoms with E-state index in [9.17, 15) is 9.59 Å². The molecule has 3 aliphatic rings. The van der Waals surface area contributed by atoms with E-state index in [0.29, 0.717) is 36.3 Å². The van der Waals surface area contributed by atoms with Crippen molar-refractivity contribution < 1.29 is 9.59 Å². The molecule has 3 saturated carbocycles. The fourth-order valence-corrected chi connectivity index (χ4v) is 5.91. The van der Waals surface area contributed by atoms with E-state index >= 15 is 0 Å². The molecule has 0 heterocycles. The second-order valence-electron chi connectivity index (χ2n) is 10.1. The number of carbonyl (C=O) groups excluding carboxylic acids is 2. The Balaban J connectivity index is 1.44. The van der Waals surface area contributed by atoms with E-state index < -0.39 is 0 Å². The molecular formula is C24H44N4O2. The average molecular weight is 421 g/mol. The molecule has 6 nitrogen and oxygen atoms in total. The molecule has 0 saturated heterocycles. The monoisotopic (exact) mass is 420 g/mol. The molecule has 0 bridgehead atoms. The van der Waals surface area contributed by atoms with Gasteiger partial charge in [-0.2, -0.15) is 0 Å². The van der Waals surface area contributed by atoms with Crippen molar-refractivity contribution in [3.63, 3.8) is 0 Å². The van der Waals surface area contributed by atoms with E-state index in [1.807, 2.05) is 23.9 Å². The van der Waals surface area contributed by atoms with Crippen LogP contribution in [0.15, 0.2) is 0 Å². The third-order valence-electron chi connectivity index (χ3n) is 8.15. The molecule has 2 amide bonds. The third-order valence-corrected chi connectivity index (χ3v) is 8.15. The van der Waals surface area contributed by atoms with Crippen LogP contribution in [-0.4, -0.2) is 72.0 Å². The van der Waals surface area contributed by atoms with Crippen LogP contribution in [0.1, 0.15) is 90.9 Å². The summed E-state index contributed by atoms with van der Waals surface area (Å²) < 4.78 is 0. The lowest BCUT2D eigenvalue weighted by Crippen LogP contribution is -2.56. The summed E-state index contributed by atoms with van der Waals surface area (Å²) in [6, 6.07) is 3.17. The van der Waals surface area contributed by atoms with Gasteiger partial charge in [-0.1, -0.05) is 12.8 Å². The van der Waals surface area contributed by atoms with Gasteiger partial charge in [0.15, 0.2) is 0 Å². The first-order chi connectivity index (χ1) is 14.3. The van der Waals surface area contributed by atoms with Crippen LogP contribution in [0.3, 0.4) is 0 Å². The first-order valence-electron chi connectivity index (χ1n) is 12.3. The average Bonchev–Trinajstić information content (AvgIpc) is 2.75. The molecule has 172 valence electrons. The van der Waals surface area contributed by atoms with Crippen LogP contribution in [0, 0.1) is 0 Å². The van der Waals surface area contributed by atoms with E-state index in [1.54, 1.807) is 13.8 Å². The van der Waals surface area contributed by atoms with Crippen molar-refractivity contribution in [2.75, 3.05) is 14.1 Å². The highest BCUT2D eigenvalue weighted by molar-refractivity contribution is 5.73. The van der Waals surface area contributed by atoms with Crippen molar-refractivity contribution in [1.29, 1.82) is 0 Å². The van der Waals surface area contributed by atoms with Gasteiger partial charge < -0.3 is 20.4 Å². The zero-order valence-electron chi connectivity index (χ0n) is 19.7. The van der Waals surface area contributed by atoms with Crippen molar-refractivity contribution in [1.82, 2.24) is 20.4 Å². The first-order valence-corrected chi connectivity index (χ1v) is 12.3. The lowest BCUT2D eigenvalue weighted by atomic mass is 9.84. The van der Waals surface area contributed by atoms with E-state index in [1.165, 1.54) is 51.4 Å². The minimum atomic E-state index is 0.187. The first kappa shape index (κ1) is 23.5. The van der Waals surface area contributed by atoms with Gasteiger partial charge in [-0.15, -0.1) is 0 Å². The molecule has 0 spiro atoms. The number of carbonyl (C=O) groups is 2. The second kappa shape index (κ2) is 10.9. The predicted octanol–water partition coefficient (Wildman–Crippen LogP) is 3.06. The summed E-state index contributed by atoms with van der Waals surface area (Å²) in [4.78, 5) is 27.2. The Labute approximate surface area is 183 Å². The molecule has 0 aliphatic heterocycles. The van der Waals surface area contributed by atoms with Crippen molar-refractivity contribution in [2.24, 2.45) is 0 Å². The largest absolute Gasteiger partial charge is 0.343 e. The Morgan fingerprint density at radius 3 is 1.23 bits per heavy atom. The van der Waals surface area contributed by atoms with Crippen LogP contribution in [0.2, 0.25) is 0 Å². The number of hydrogen-bond acceptors (Lipinski definition) is 4. The summed E-state index contributed by atoms with van der Waals surface area (Å²) in [6.07, 6.45) is 14.4. The topological polar surface area (TPSA) is 64.7 Å². The molecule has 30 heavy (non-hydrogen) atoms. The molecule has 6 heteroatoms. The molecule has 0 aromatic heterocycles. The summed E-state index contributed by atoms with van der Waals surface area (Å²) in [7, 11) is 3.90. The molecule has 0 aromatic carbocycles. The molecular weight excluding hydrogens is 376 g/mol. The van der Waals surface area contributed by atoms with Crippen LogP contribution >= 0.6 is 0 Å². The molecule has 3 aliphatic carbocycles. The van der Waals surface area contributed by atoms with E-state index in [0.717, 1.165) is 25.7 Å². The Kier molecular flexibility index (Phi) is 8.58. The predicted molar refractivity (Wildman–Crippen MR) is 121 cm³/mol. The van der Waals surface area contributed by atoms with Crippen LogP contribution in [-0.2, 0) is 9.59 Å². The quantitative estimate of drug-likeness (QED) is 0.693. The van der Waals surface area contributed by atoms with Gasteiger partial charge in [0.05, 0.1) is 0 Å². The van der Waals surface area contributed by atoms with Gasteiger partial charge >= 0.3 is 0 Å². The number of nitrogens with zero attached hydrogens (tertiary/aromatic N) is 2. The minimum Gasteiger partial charge on any atom is -0.343 e. The van der Waals surface area contributed by atoms with Gasteiger partial charge in [0.2, 0.25) is 11.8 Å². The molecule has 3 fully saturated rings. The Morgan fingerprint density at radius 1 is 0.600 bits per heavy atom. The molecule has 2 unspecified atom stereocenters. The number of hydrogen-bond donors (Lipinski definition) is 2. The fourth-order valence-electron chi connectivity index (χ4n) is 5.91. The van der Waals surface area contributed by atoms with Crippen LogP contribution in [0.4, 0.5) is 0 Å². The molecule has 2 N–H and O–H groups in total. The summed E-state index contributed by atoms with van der Waals surface area (Å²) in [6.45, 7) is 3.35. The number of rotatable bonds is 6. The zero-order chi connectivity index (χ0) is 21.7. The van der Waals surface area contributed by atoms with E-state index in [2.05, 4.69) is 10.6 Å². The van der Waals surface area contributed by atoms with E-state index in [4.69, 9.17) is 0 Å². The van der Waals surface area contributed by atoms with Gasteiger partial charge in [0.25, 0.3) is 0 Å². The summed E-state index contributed by atoms with van der Waals surface area (Å²) in [5.74, 6) is 0.374. The zero-order valence-corrected chi connectivity index (χ0v) is 19.7. The summed E-state index contributed by atoms with van der Waals surface area (Å²) in [5.41, 5.74) is 0. The Bertz CT molecular complexity index is 518. The van der Waals surface area contributed by atoms with Crippen molar-refractivity contribution in [3.8, 4) is 0 Å². The number of amides is 2.